The average molecular weight is 259 g/mol. The molecule has 4 rings (SSSR count). The fourth-order valence-electron chi connectivity index (χ4n) is 2.42. The number of para-hydroxylation sites is 1. The third-order valence-corrected chi connectivity index (χ3v) is 3.74. The monoisotopic (exact) mass is 259 g/mol. The molecule has 19 heavy (non-hydrogen) atoms. The van der Waals surface area contributed by atoms with Gasteiger partial charge in [-0.3, -0.25) is 0 Å². The number of aromatic nitrogens is 2. The van der Waals surface area contributed by atoms with Crippen LogP contribution in [-0.4, -0.2) is 16.9 Å². The summed E-state index contributed by atoms with van der Waals surface area (Å²) in [4.78, 5) is 4.41. The molecular weight excluding hydrogens is 246 g/mol. The van der Waals surface area contributed by atoms with E-state index in [0.29, 0.717) is 23.2 Å². The van der Waals surface area contributed by atoms with Crippen LogP contribution in [0.3, 0.4) is 0 Å². The van der Waals surface area contributed by atoms with Crippen molar-refractivity contribution in [3.05, 3.63) is 24.0 Å². The summed E-state index contributed by atoms with van der Waals surface area (Å²) >= 11 is 0. The van der Waals surface area contributed by atoms with Gasteiger partial charge in [-0.1, -0.05) is 11.2 Å². The van der Waals surface area contributed by atoms with Crippen molar-refractivity contribution in [2.24, 2.45) is 5.73 Å². The van der Waals surface area contributed by atoms with Crippen molar-refractivity contribution in [2.75, 3.05) is 6.79 Å². The molecule has 98 valence electrons. The van der Waals surface area contributed by atoms with Crippen molar-refractivity contribution < 1.29 is 14.0 Å². The van der Waals surface area contributed by atoms with Crippen molar-refractivity contribution in [3.63, 3.8) is 0 Å². The molecule has 0 saturated heterocycles. The van der Waals surface area contributed by atoms with Crippen LogP contribution >= 0.6 is 0 Å². The standard InChI is InChI=1S/C13H13N3O3/c14-13(5-2-6-13)12-15-11(19-16-12)8-3-1-4-9-10(8)18-7-17-9/h1,3-4H,2,5-7,14H2. The first kappa shape index (κ1) is 10.8. The number of benzene rings is 1. The molecule has 2 N–H and O–H groups in total. The normalized spacial score (nSPS) is 19.2. The number of rotatable bonds is 2. The van der Waals surface area contributed by atoms with Gasteiger partial charge in [0.15, 0.2) is 17.3 Å². The van der Waals surface area contributed by atoms with Crippen LogP contribution in [0.1, 0.15) is 25.1 Å². The third kappa shape index (κ3) is 1.53. The first-order valence-electron chi connectivity index (χ1n) is 6.28. The van der Waals surface area contributed by atoms with Gasteiger partial charge in [-0.25, -0.2) is 0 Å². The summed E-state index contributed by atoms with van der Waals surface area (Å²) in [5, 5.41) is 4.00. The Labute approximate surface area is 109 Å². The highest BCUT2D eigenvalue weighted by Gasteiger charge is 2.39. The molecule has 0 bridgehead atoms. The van der Waals surface area contributed by atoms with Crippen LogP contribution in [-0.2, 0) is 5.54 Å². The third-order valence-electron chi connectivity index (χ3n) is 3.74. The Morgan fingerprint density at radius 3 is 2.89 bits per heavy atom. The molecule has 1 aliphatic heterocycles. The molecule has 0 unspecified atom stereocenters. The molecule has 1 saturated carbocycles. The van der Waals surface area contributed by atoms with Gasteiger partial charge < -0.3 is 19.7 Å². The molecule has 1 fully saturated rings. The van der Waals surface area contributed by atoms with E-state index in [1.165, 1.54) is 0 Å². The van der Waals surface area contributed by atoms with E-state index in [4.69, 9.17) is 19.7 Å². The Morgan fingerprint density at radius 2 is 2.11 bits per heavy atom. The lowest BCUT2D eigenvalue weighted by atomic mass is 9.77. The largest absolute Gasteiger partial charge is 0.454 e. The number of nitrogens with two attached hydrogens (primary N) is 1. The molecule has 0 radical (unpaired) electrons. The summed E-state index contributed by atoms with van der Waals surface area (Å²) in [6, 6.07) is 5.59. The SMILES string of the molecule is NC1(c2noc(-c3cccc4c3OCO4)n2)CCC1. The fraction of sp³-hybridized carbons (Fsp3) is 0.385. The summed E-state index contributed by atoms with van der Waals surface area (Å²) in [5.74, 6) is 2.35. The van der Waals surface area contributed by atoms with Gasteiger partial charge in [0.1, 0.15) is 0 Å². The second kappa shape index (κ2) is 3.71. The Balaban J connectivity index is 1.76. The minimum absolute atomic E-state index is 0.216. The van der Waals surface area contributed by atoms with Crippen LogP contribution < -0.4 is 15.2 Å². The Hall–Kier alpha value is -2.08. The number of hydrogen-bond acceptors (Lipinski definition) is 6. The van der Waals surface area contributed by atoms with E-state index in [1.54, 1.807) is 0 Å². The van der Waals surface area contributed by atoms with Crippen LogP contribution in [0.5, 0.6) is 11.5 Å². The van der Waals surface area contributed by atoms with Crippen molar-refractivity contribution in [3.8, 4) is 23.0 Å². The van der Waals surface area contributed by atoms with E-state index < -0.39 is 5.54 Å². The van der Waals surface area contributed by atoms with Crippen LogP contribution in [0, 0.1) is 0 Å². The first-order valence-corrected chi connectivity index (χ1v) is 6.28. The minimum Gasteiger partial charge on any atom is -0.454 e. The number of nitrogens with zero attached hydrogens (tertiary/aromatic N) is 2. The van der Waals surface area contributed by atoms with E-state index in [9.17, 15) is 0 Å². The predicted octanol–water partition coefficient (Wildman–Crippen LogP) is 1.80. The van der Waals surface area contributed by atoms with Crippen molar-refractivity contribution >= 4 is 0 Å². The van der Waals surface area contributed by atoms with Crippen LogP contribution in [0.2, 0.25) is 0 Å². The molecule has 1 aromatic heterocycles. The molecule has 2 heterocycles. The lowest BCUT2D eigenvalue weighted by Crippen LogP contribution is -2.44. The quantitative estimate of drug-likeness (QED) is 0.885. The average Bonchev–Trinajstić information content (AvgIpc) is 3.04. The zero-order valence-electron chi connectivity index (χ0n) is 10.3. The zero-order chi connectivity index (χ0) is 12.9. The van der Waals surface area contributed by atoms with E-state index in [-0.39, 0.29) is 6.79 Å². The van der Waals surface area contributed by atoms with Gasteiger partial charge in [-0.15, -0.1) is 0 Å². The maximum absolute atomic E-state index is 6.19. The van der Waals surface area contributed by atoms with Crippen LogP contribution in [0.25, 0.3) is 11.5 Å². The van der Waals surface area contributed by atoms with Crippen molar-refractivity contribution in [1.29, 1.82) is 0 Å². The highest BCUT2D eigenvalue weighted by molar-refractivity contribution is 5.68. The van der Waals surface area contributed by atoms with Crippen molar-refractivity contribution in [1.82, 2.24) is 10.1 Å². The molecular formula is C13H13N3O3. The van der Waals surface area contributed by atoms with Crippen molar-refractivity contribution in [2.45, 2.75) is 24.8 Å². The lowest BCUT2D eigenvalue weighted by molar-refractivity contribution is 0.174. The summed E-state index contributed by atoms with van der Waals surface area (Å²) in [6.07, 6.45) is 2.91. The fourth-order valence-corrected chi connectivity index (χ4v) is 2.42. The van der Waals surface area contributed by atoms with Gasteiger partial charge in [0.25, 0.3) is 5.89 Å². The van der Waals surface area contributed by atoms with Gasteiger partial charge in [-0.2, -0.15) is 4.98 Å². The van der Waals surface area contributed by atoms with Gasteiger partial charge in [-0.05, 0) is 31.4 Å². The summed E-state index contributed by atoms with van der Waals surface area (Å²) in [6.45, 7) is 0.216. The highest BCUT2D eigenvalue weighted by Crippen LogP contribution is 2.42. The van der Waals surface area contributed by atoms with Gasteiger partial charge in [0.05, 0.1) is 11.1 Å². The van der Waals surface area contributed by atoms with E-state index in [2.05, 4.69) is 10.1 Å². The maximum Gasteiger partial charge on any atom is 0.261 e. The summed E-state index contributed by atoms with van der Waals surface area (Å²) < 4.78 is 16.1. The minimum atomic E-state index is -0.420. The first-order chi connectivity index (χ1) is 9.26. The molecule has 2 aliphatic rings. The second-order valence-corrected chi connectivity index (χ2v) is 4.97. The molecule has 0 spiro atoms. The molecule has 6 heteroatoms. The molecule has 6 nitrogen and oxygen atoms in total. The van der Waals surface area contributed by atoms with E-state index in [1.807, 2.05) is 18.2 Å². The lowest BCUT2D eigenvalue weighted by Gasteiger charge is -2.34. The molecule has 1 aliphatic carbocycles. The topological polar surface area (TPSA) is 83.4 Å². The molecule has 0 atom stereocenters. The molecule has 1 aromatic carbocycles. The van der Waals surface area contributed by atoms with E-state index in [0.717, 1.165) is 24.8 Å². The maximum atomic E-state index is 6.19. The van der Waals surface area contributed by atoms with Gasteiger partial charge >= 0.3 is 0 Å². The number of hydrogen-bond donors (Lipinski definition) is 1. The number of fused-ring (bicyclic) bond motifs is 1. The second-order valence-electron chi connectivity index (χ2n) is 4.97. The summed E-state index contributed by atoms with van der Waals surface area (Å²) in [5.41, 5.74) is 6.51. The highest BCUT2D eigenvalue weighted by atomic mass is 16.7. The molecule has 0 amide bonds. The van der Waals surface area contributed by atoms with Crippen LogP contribution in [0.15, 0.2) is 22.7 Å². The Kier molecular flexibility index (Phi) is 2.11. The predicted molar refractivity (Wildman–Crippen MR) is 65.6 cm³/mol. The zero-order valence-corrected chi connectivity index (χ0v) is 10.3. The van der Waals surface area contributed by atoms with Crippen LogP contribution in [0.4, 0.5) is 0 Å². The Morgan fingerprint density at radius 1 is 1.21 bits per heavy atom. The van der Waals surface area contributed by atoms with Gasteiger partial charge in [0, 0.05) is 0 Å². The smallest absolute Gasteiger partial charge is 0.261 e. The van der Waals surface area contributed by atoms with Gasteiger partial charge in [0.2, 0.25) is 6.79 Å². The number of ether oxygens (including phenoxy) is 2. The van der Waals surface area contributed by atoms with E-state index >= 15 is 0 Å². The Bertz CT molecular complexity index is 634. The summed E-state index contributed by atoms with van der Waals surface area (Å²) in [7, 11) is 0. The molecule has 2 aromatic rings.